The van der Waals surface area contributed by atoms with Crippen LogP contribution in [0.4, 0.5) is 0 Å². The van der Waals surface area contributed by atoms with Crippen LogP contribution >= 0.6 is 11.3 Å². The maximum absolute atomic E-state index is 14.0. The Bertz CT molecular complexity index is 1330. The topological polar surface area (TPSA) is 213 Å². The molecular weight excluding hydrogens is 586 g/mol. The van der Waals surface area contributed by atoms with Gasteiger partial charge in [0.25, 0.3) is 0 Å². The molecule has 0 saturated carbocycles. The Morgan fingerprint density at radius 3 is 2.45 bits per heavy atom. The van der Waals surface area contributed by atoms with Gasteiger partial charge in [-0.25, -0.2) is 4.98 Å². The summed E-state index contributed by atoms with van der Waals surface area (Å²) < 4.78 is 0.842. The molecule has 0 aliphatic carbocycles. The zero-order valence-electron chi connectivity index (χ0n) is 25.3. The van der Waals surface area contributed by atoms with E-state index in [9.17, 15) is 24.0 Å². The van der Waals surface area contributed by atoms with Crippen LogP contribution in [0.25, 0.3) is 10.2 Å². The monoisotopic (exact) mass is 629 g/mol. The van der Waals surface area contributed by atoms with Crippen LogP contribution in [0.2, 0.25) is 0 Å². The third kappa shape index (κ3) is 8.89. The summed E-state index contributed by atoms with van der Waals surface area (Å²) in [5, 5.41) is 19.5. The van der Waals surface area contributed by atoms with Crippen molar-refractivity contribution >= 4 is 57.0 Å². The van der Waals surface area contributed by atoms with Crippen molar-refractivity contribution in [2.45, 2.75) is 89.8 Å². The molecule has 0 bridgehead atoms. The number of thiazole rings is 1. The number of carbonyl (C=O) groups is 5. The second kappa shape index (κ2) is 16.4. The smallest absolute Gasteiger partial charge is 0.305 e. The van der Waals surface area contributed by atoms with Gasteiger partial charge in [0.05, 0.1) is 34.8 Å². The first-order valence-corrected chi connectivity index (χ1v) is 15.9. The molecule has 1 aromatic heterocycles. The van der Waals surface area contributed by atoms with Crippen LogP contribution in [0, 0.1) is 11.3 Å². The van der Waals surface area contributed by atoms with Crippen LogP contribution in [-0.2, 0) is 19.2 Å². The van der Waals surface area contributed by atoms with Gasteiger partial charge in [-0.1, -0.05) is 38.8 Å². The van der Waals surface area contributed by atoms with E-state index in [0.29, 0.717) is 44.2 Å². The zero-order chi connectivity index (χ0) is 32.4. The van der Waals surface area contributed by atoms with Crippen LogP contribution in [-0.4, -0.2) is 86.5 Å². The summed E-state index contributed by atoms with van der Waals surface area (Å²) in [5.41, 5.74) is 12.2. The minimum Gasteiger partial charge on any atom is -0.481 e. The van der Waals surface area contributed by atoms with Gasteiger partial charge in [0, 0.05) is 12.5 Å². The number of carbonyl (C=O) groups excluding carboxylic acids is 4. The minimum absolute atomic E-state index is 0.134. The molecular formula is C30H43N7O6S. The number of likely N-dealkylation sites (tertiary alicyclic amines) is 1. The molecule has 3 atom stereocenters. The predicted molar refractivity (Wildman–Crippen MR) is 167 cm³/mol. The standard InChI is InChI=1S/C30H43N7O6S/c1-3-9-18(10-4-2)29(43)37(30(32)33)16-7-12-21(25(40)28-34-20-11-5-6-14-23(20)44-28)36-15-8-13-22(36)27(42)35-26(41)19(31)17-24(38)39/h5-6,11,14,18-19,21-22H,3-4,7-10,12-13,15-17,31H2,1-2H3,(H3,32,33)(H,38,39)(H,35,41,42)/t19-,21?,22-/m0/s1. The molecule has 1 aliphatic heterocycles. The Hall–Kier alpha value is -3.75. The summed E-state index contributed by atoms with van der Waals surface area (Å²) in [5.74, 6) is -3.90. The zero-order valence-corrected chi connectivity index (χ0v) is 26.1. The van der Waals surface area contributed by atoms with Gasteiger partial charge in [0.2, 0.25) is 23.5 Å². The quantitative estimate of drug-likeness (QED) is 0.104. The highest BCUT2D eigenvalue weighted by Crippen LogP contribution is 2.29. The van der Waals surface area contributed by atoms with Crippen molar-refractivity contribution < 1.29 is 29.1 Å². The highest BCUT2D eigenvalue weighted by molar-refractivity contribution is 7.20. The molecule has 240 valence electrons. The number of Topliss-reactive ketones (excluding diaryl/α,β-unsaturated/α-hetero) is 1. The Labute approximate surface area is 260 Å². The lowest BCUT2D eigenvalue weighted by molar-refractivity contribution is -0.141. The molecule has 13 nitrogen and oxygen atoms in total. The number of benzene rings is 1. The number of ketones is 1. The Balaban J connectivity index is 1.84. The first-order chi connectivity index (χ1) is 21.0. The number of nitrogens with two attached hydrogens (primary N) is 2. The third-order valence-corrected chi connectivity index (χ3v) is 8.87. The summed E-state index contributed by atoms with van der Waals surface area (Å²) in [7, 11) is 0. The summed E-state index contributed by atoms with van der Waals surface area (Å²) >= 11 is 1.25. The number of hydrogen-bond acceptors (Lipinski definition) is 10. The Morgan fingerprint density at radius 1 is 1.16 bits per heavy atom. The van der Waals surface area contributed by atoms with Crippen molar-refractivity contribution in [2.24, 2.45) is 17.4 Å². The van der Waals surface area contributed by atoms with Gasteiger partial charge in [0.15, 0.2) is 11.0 Å². The fourth-order valence-electron chi connectivity index (χ4n) is 5.69. The molecule has 1 saturated heterocycles. The third-order valence-electron chi connectivity index (χ3n) is 7.82. The molecule has 1 aliphatic rings. The number of rotatable bonds is 16. The molecule has 3 rings (SSSR count). The van der Waals surface area contributed by atoms with Gasteiger partial charge in [-0.2, -0.15) is 0 Å². The van der Waals surface area contributed by atoms with Crippen molar-refractivity contribution in [3.8, 4) is 0 Å². The first-order valence-electron chi connectivity index (χ1n) is 15.1. The van der Waals surface area contributed by atoms with Crippen LogP contribution in [0.1, 0.15) is 81.4 Å². The van der Waals surface area contributed by atoms with Crippen LogP contribution in [0.15, 0.2) is 24.3 Å². The molecule has 0 spiro atoms. The van der Waals surface area contributed by atoms with E-state index in [-0.39, 0.29) is 41.5 Å². The number of nitrogens with zero attached hydrogens (tertiary/aromatic N) is 3. The summed E-state index contributed by atoms with van der Waals surface area (Å²) in [6, 6.07) is 4.34. The van der Waals surface area contributed by atoms with Gasteiger partial charge in [-0.3, -0.25) is 44.5 Å². The average molecular weight is 630 g/mol. The SMILES string of the molecule is CCCC(CCC)C(=O)N(CCCC(C(=O)c1nc2ccccc2s1)N1CCC[C@H]1C(=O)NC(=O)[C@@H](N)CC(=O)O)C(=N)N. The van der Waals surface area contributed by atoms with Gasteiger partial charge < -0.3 is 16.6 Å². The predicted octanol–water partition coefficient (Wildman–Crippen LogP) is 2.48. The number of imide groups is 1. The van der Waals surface area contributed by atoms with Crippen molar-refractivity contribution in [2.75, 3.05) is 13.1 Å². The van der Waals surface area contributed by atoms with Crippen molar-refractivity contribution in [1.82, 2.24) is 20.1 Å². The second-order valence-electron chi connectivity index (χ2n) is 11.1. The molecule has 1 aromatic carbocycles. The molecule has 14 heteroatoms. The molecule has 44 heavy (non-hydrogen) atoms. The minimum atomic E-state index is -1.40. The van der Waals surface area contributed by atoms with Crippen molar-refractivity contribution in [3.05, 3.63) is 29.3 Å². The van der Waals surface area contributed by atoms with Crippen LogP contribution in [0.5, 0.6) is 0 Å². The van der Waals surface area contributed by atoms with Crippen LogP contribution < -0.4 is 16.8 Å². The highest BCUT2D eigenvalue weighted by atomic mass is 32.1. The van der Waals surface area contributed by atoms with Crippen molar-refractivity contribution in [1.29, 1.82) is 5.41 Å². The fraction of sp³-hybridized carbons (Fsp3) is 0.567. The molecule has 3 amide bonds. The first kappa shape index (κ1) is 34.7. The normalized spacial score (nSPS) is 16.5. The largest absolute Gasteiger partial charge is 0.481 e. The van der Waals surface area contributed by atoms with E-state index in [2.05, 4.69) is 10.3 Å². The van der Waals surface area contributed by atoms with E-state index in [1.54, 1.807) is 4.90 Å². The van der Waals surface area contributed by atoms with Crippen molar-refractivity contribution in [3.63, 3.8) is 0 Å². The van der Waals surface area contributed by atoms with E-state index in [1.165, 1.54) is 16.2 Å². The van der Waals surface area contributed by atoms with E-state index in [0.717, 1.165) is 17.5 Å². The Morgan fingerprint density at radius 2 is 1.84 bits per heavy atom. The lowest BCUT2D eigenvalue weighted by atomic mass is 9.96. The molecule has 2 heterocycles. The number of nitrogens with one attached hydrogen (secondary N) is 2. The number of carboxylic acids is 1. The number of aromatic nitrogens is 1. The molecule has 1 fully saturated rings. The van der Waals surface area contributed by atoms with Gasteiger partial charge >= 0.3 is 5.97 Å². The number of guanidine groups is 1. The van der Waals surface area contributed by atoms with Gasteiger partial charge in [-0.05, 0) is 57.2 Å². The summed E-state index contributed by atoms with van der Waals surface area (Å²) in [6.07, 6.45) is 3.93. The lowest BCUT2D eigenvalue weighted by Gasteiger charge is -2.32. The summed E-state index contributed by atoms with van der Waals surface area (Å²) in [6.45, 7) is 4.54. The van der Waals surface area contributed by atoms with E-state index >= 15 is 0 Å². The maximum Gasteiger partial charge on any atom is 0.305 e. The van der Waals surface area contributed by atoms with Gasteiger partial charge in [0.1, 0.15) is 0 Å². The number of carboxylic acid groups (broad SMARTS) is 1. The average Bonchev–Trinajstić information content (AvgIpc) is 3.64. The number of aliphatic carboxylic acids is 1. The van der Waals surface area contributed by atoms with Gasteiger partial charge in [-0.15, -0.1) is 11.3 Å². The molecule has 1 unspecified atom stereocenters. The Kier molecular flexibility index (Phi) is 12.9. The highest BCUT2D eigenvalue weighted by Gasteiger charge is 2.40. The van der Waals surface area contributed by atoms with E-state index < -0.39 is 42.3 Å². The van der Waals surface area contributed by atoms with E-state index in [4.69, 9.17) is 22.0 Å². The second-order valence-corrected chi connectivity index (χ2v) is 12.1. The fourth-order valence-corrected chi connectivity index (χ4v) is 6.64. The molecule has 2 aromatic rings. The molecule has 7 N–H and O–H groups in total. The van der Waals surface area contributed by atoms with E-state index in [1.807, 2.05) is 38.1 Å². The number of fused-ring (bicyclic) bond motifs is 1. The number of amides is 3. The lowest BCUT2D eigenvalue weighted by Crippen LogP contribution is -2.54. The maximum atomic E-state index is 14.0. The molecule has 0 radical (unpaired) electrons. The number of hydrogen-bond donors (Lipinski definition) is 5. The number of para-hydroxylation sites is 1. The summed E-state index contributed by atoms with van der Waals surface area (Å²) in [4.78, 5) is 71.5. The van der Waals surface area contributed by atoms with Crippen LogP contribution in [0.3, 0.4) is 0 Å².